The van der Waals surface area contributed by atoms with Crippen LogP contribution in [0.25, 0.3) is 0 Å². The molecule has 0 aliphatic heterocycles. The van der Waals surface area contributed by atoms with Crippen LogP contribution < -0.4 is 10.5 Å². The molecule has 0 amide bonds. The smallest absolute Gasteiger partial charge is 0.166 e. The van der Waals surface area contributed by atoms with Crippen molar-refractivity contribution in [3.8, 4) is 5.75 Å². The lowest BCUT2D eigenvalue weighted by molar-refractivity contribution is 0.295. The molecule has 1 heterocycles. The second kappa shape index (κ2) is 5.36. The minimum atomic E-state index is 0.139. The summed E-state index contributed by atoms with van der Waals surface area (Å²) in [6.45, 7) is 0.384. The van der Waals surface area contributed by atoms with Crippen molar-refractivity contribution in [2.75, 3.05) is 0 Å². The Morgan fingerprint density at radius 2 is 2.11 bits per heavy atom. The number of hydrogen-bond donors (Lipinski definition) is 1. The van der Waals surface area contributed by atoms with Gasteiger partial charge in [0.05, 0.1) is 0 Å². The van der Waals surface area contributed by atoms with Crippen LogP contribution >= 0.6 is 0 Å². The fraction of sp³-hybridized carbons (Fsp3) is 0.333. The second-order valence-corrected chi connectivity index (χ2v) is 4.81. The van der Waals surface area contributed by atoms with E-state index in [-0.39, 0.29) is 6.04 Å². The fourth-order valence-corrected chi connectivity index (χ4v) is 2.46. The van der Waals surface area contributed by atoms with Crippen LogP contribution in [0.15, 0.2) is 36.7 Å². The zero-order valence-electron chi connectivity index (χ0n) is 10.7. The first-order valence-corrected chi connectivity index (χ1v) is 6.60. The van der Waals surface area contributed by atoms with E-state index in [1.165, 1.54) is 17.5 Å². The van der Waals surface area contributed by atoms with Gasteiger partial charge in [0.2, 0.25) is 0 Å². The van der Waals surface area contributed by atoms with Crippen LogP contribution in [0.2, 0.25) is 0 Å². The molecule has 0 fully saturated rings. The summed E-state index contributed by atoms with van der Waals surface area (Å²) in [6, 6.07) is 8.11. The predicted molar refractivity (Wildman–Crippen MR) is 72.7 cm³/mol. The van der Waals surface area contributed by atoms with E-state index in [2.05, 4.69) is 22.1 Å². The van der Waals surface area contributed by atoms with Crippen LogP contribution in [0.1, 0.15) is 35.8 Å². The predicted octanol–water partition coefficient (Wildman–Crippen LogP) is 2.39. The van der Waals surface area contributed by atoms with Gasteiger partial charge in [0.15, 0.2) is 5.82 Å². The molecule has 1 aromatic heterocycles. The topological polar surface area (TPSA) is 61.0 Å². The Hall–Kier alpha value is -1.94. The summed E-state index contributed by atoms with van der Waals surface area (Å²) < 4.78 is 5.73. The molecule has 0 radical (unpaired) electrons. The van der Waals surface area contributed by atoms with E-state index in [1.807, 2.05) is 6.07 Å². The standard InChI is InChI=1S/C15H17N3O/c16-14-4-1-3-11-5-6-12(9-13(11)14)19-10-15-17-7-2-8-18-15/h2,5-9,14H,1,3-4,10,16H2/t14-/m1/s1. The lowest BCUT2D eigenvalue weighted by atomic mass is 9.88. The lowest BCUT2D eigenvalue weighted by Crippen LogP contribution is -2.17. The van der Waals surface area contributed by atoms with Crippen molar-refractivity contribution in [3.63, 3.8) is 0 Å². The molecule has 2 N–H and O–H groups in total. The third-order valence-corrected chi connectivity index (χ3v) is 3.47. The molecule has 0 saturated heterocycles. The maximum atomic E-state index is 6.14. The third-order valence-electron chi connectivity index (χ3n) is 3.47. The number of nitrogens with two attached hydrogens (primary N) is 1. The Kier molecular flexibility index (Phi) is 3.42. The first-order chi connectivity index (χ1) is 9.33. The molecule has 4 nitrogen and oxygen atoms in total. The minimum absolute atomic E-state index is 0.139. The number of rotatable bonds is 3. The number of fused-ring (bicyclic) bond motifs is 1. The van der Waals surface area contributed by atoms with E-state index in [0.717, 1.165) is 18.6 Å². The summed E-state index contributed by atoms with van der Waals surface area (Å²) in [5.41, 5.74) is 8.71. The molecular weight excluding hydrogens is 238 g/mol. The first-order valence-electron chi connectivity index (χ1n) is 6.60. The SMILES string of the molecule is N[C@@H]1CCCc2ccc(OCc3ncccn3)cc21. The molecule has 1 aromatic carbocycles. The van der Waals surface area contributed by atoms with Crippen LogP contribution in [-0.2, 0) is 13.0 Å². The van der Waals surface area contributed by atoms with Crippen molar-refractivity contribution < 1.29 is 4.74 Å². The monoisotopic (exact) mass is 255 g/mol. The summed E-state index contributed by atoms with van der Waals surface area (Å²) in [5.74, 6) is 1.52. The molecule has 4 heteroatoms. The molecule has 3 rings (SSSR count). The molecule has 0 unspecified atom stereocenters. The number of nitrogens with zero attached hydrogens (tertiary/aromatic N) is 2. The fourth-order valence-electron chi connectivity index (χ4n) is 2.46. The molecule has 0 spiro atoms. The Morgan fingerprint density at radius 3 is 2.95 bits per heavy atom. The average Bonchev–Trinajstić information content (AvgIpc) is 2.47. The highest BCUT2D eigenvalue weighted by Gasteiger charge is 2.17. The first kappa shape index (κ1) is 12.1. The molecule has 1 aliphatic rings. The van der Waals surface area contributed by atoms with E-state index in [4.69, 9.17) is 10.5 Å². The van der Waals surface area contributed by atoms with E-state index >= 15 is 0 Å². The highest BCUT2D eigenvalue weighted by atomic mass is 16.5. The summed E-state index contributed by atoms with van der Waals surface area (Å²) in [4.78, 5) is 8.27. The third kappa shape index (κ3) is 2.74. The van der Waals surface area contributed by atoms with Crippen molar-refractivity contribution >= 4 is 0 Å². The molecule has 2 aromatic rings. The van der Waals surface area contributed by atoms with Gasteiger partial charge in [-0.2, -0.15) is 0 Å². The molecule has 1 aliphatic carbocycles. The molecule has 1 atom stereocenters. The van der Waals surface area contributed by atoms with Gasteiger partial charge in [-0.05, 0) is 48.6 Å². The van der Waals surface area contributed by atoms with Crippen molar-refractivity contribution in [2.45, 2.75) is 31.9 Å². The van der Waals surface area contributed by atoms with E-state index < -0.39 is 0 Å². The van der Waals surface area contributed by atoms with Crippen LogP contribution in [0.4, 0.5) is 0 Å². The maximum absolute atomic E-state index is 6.14. The maximum Gasteiger partial charge on any atom is 0.166 e. The molecule has 0 bridgehead atoms. The Morgan fingerprint density at radius 1 is 1.26 bits per heavy atom. The normalized spacial score (nSPS) is 17.8. The van der Waals surface area contributed by atoms with Crippen LogP contribution in [0.5, 0.6) is 5.75 Å². The zero-order chi connectivity index (χ0) is 13.1. The van der Waals surface area contributed by atoms with Gasteiger partial charge in [-0.15, -0.1) is 0 Å². The largest absolute Gasteiger partial charge is 0.486 e. The number of aryl methyl sites for hydroxylation is 1. The van der Waals surface area contributed by atoms with Crippen LogP contribution in [0.3, 0.4) is 0 Å². The lowest BCUT2D eigenvalue weighted by Gasteiger charge is -2.22. The summed E-state index contributed by atoms with van der Waals surface area (Å²) in [5, 5.41) is 0. The van der Waals surface area contributed by atoms with E-state index in [1.54, 1.807) is 18.5 Å². The number of aromatic nitrogens is 2. The quantitative estimate of drug-likeness (QED) is 0.914. The van der Waals surface area contributed by atoms with Gasteiger partial charge in [-0.25, -0.2) is 9.97 Å². The second-order valence-electron chi connectivity index (χ2n) is 4.81. The van der Waals surface area contributed by atoms with Gasteiger partial charge in [-0.1, -0.05) is 6.07 Å². The molecular formula is C15H17N3O. The van der Waals surface area contributed by atoms with Crippen LogP contribution in [-0.4, -0.2) is 9.97 Å². The highest BCUT2D eigenvalue weighted by Crippen LogP contribution is 2.30. The number of benzene rings is 1. The zero-order valence-corrected chi connectivity index (χ0v) is 10.7. The Bertz CT molecular complexity index is 557. The van der Waals surface area contributed by atoms with E-state index in [0.29, 0.717) is 12.4 Å². The Labute approximate surface area is 112 Å². The van der Waals surface area contributed by atoms with Crippen LogP contribution in [0, 0.1) is 0 Å². The average molecular weight is 255 g/mol. The number of ether oxygens (including phenoxy) is 1. The van der Waals surface area contributed by atoms with Gasteiger partial charge in [0, 0.05) is 18.4 Å². The minimum Gasteiger partial charge on any atom is -0.486 e. The van der Waals surface area contributed by atoms with Gasteiger partial charge in [0.1, 0.15) is 12.4 Å². The summed E-state index contributed by atoms with van der Waals surface area (Å²) in [7, 11) is 0. The van der Waals surface area contributed by atoms with E-state index in [9.17, 15) is 0 Å². The number of hydrogen-bond acceptors (Lipinski definition) is 4. The summed E-state index contributed by atoms with van der Waals surface area (Å²) in [6.07, 6.45) is 6.78. The van der Waals surface area contributed by atoms with Gasteiger partial charge in [-0.3, -0.25) is 0 Å². The molecule has 19 heavy (non-hydrogen) atoms. The Balaban J connectivity index is 1.74. The van der Waals surface area contributed by atoms with Crippen molar-refractivity contribution in [2.24, 2.45) is 5.73 Å². The van der Waals surface area contributed by atoms with Crippen molar-refractivity contribution in [3.05, 3.63) is 53.6 Å². The molecule has 0 saturated carbocycles. The van der Waals surface area contributed by atoms with Gasteiger partial charge < -0.3 is 10.5 Å². The molecule has 98 valence electrons. The van der Waals surface area contributed by atoms with Crippen molar-refractivity contribution in [1.82, 2.24) is 9.97 Å². The highest BCUT2D eigenvalue weighted by molar-refractivity contribution is 5.39. The van der Waals surface area contributed by atoms with Gasteiger partial charge >= 0.3 is 0 Å². The van der Waals surface area contributed by atoms with Crippen molar-refractivity contribution in [1.29, 1.82) is 0 Å². The summed E-state index contributed by atoms with van der Waals surface area (Å²) >= 11 is 0. The van der Waals surface area contributed by atoms with Gasteiger partial charge in [0.25, 0.3) is 0 Å².